The number of sulfonamides is 1. The molecule has 1 heterocycles. The topological polar surface area (TPSA) is 84.9 Å². The largest absolute Gasteiger partial charge is 0.412 e. The molecule has 1 aromatic carbocycles. The van der Waals surface area contributed by atoms with Crippen LogP contribution in [0.1, 0.15) is 6.92 Å². The lowest BCUT2D eigenvalue weighted by atomic mass is 10.3. The monoisotopic (exact) mass is 328 g/mol. The van der Waals surface area contributed by atoms with Gasteiger partial charge in [-0.2, -0.15) is 4.31 Å². The second-order valence-electron chi connectivity index (χ2n) is 4.98. The van der Waals surface area contributed by atoms with Gasteiger partial charge in [0.15, 0.2) is 0 Å². The first-order valence-electron chi connectivity index (χ1n) is 7.07. The Morgan fingerprint density at radius 3 is 2.82 bits per heavy atom. The number of hydrogen-bond donors (Lipinski definition) is 1. The zero-order chi connectivity index (χ0) is 16.0. The number of ether oxygens (including phenoxy) is 2. The molecule has 1 aromatic rings. The molecule has 1 amide bonds. The van der Waals surface area contributed by atoms with Gasteiger partial charge in [-0.3, -0.25) is 0 Å². The molecule has 1 aliphatic heterocycles. The fourth-order valence-corrected chi connectivity index (χ4v) is 3.71. The second kappa shape index (κ2) is 7.57. The smallest absolute Gasteiger partial charge is 0.410 e. The number of morpholine rings is 1. The van der Waals surface area contributed by atoms with Gasteiger partial charge >= 0.3 is 6.09 Å². The van der Waals surface area contributed by atoms with E-state index < -0.39 is 16.1 Å². The Labute approximate surface area is 130 Å². The summed E-state index contributed by atoms with van der Waals surface area (Å²) in [5.41, 5.74) is 0. The number of amides is 1. The zero-order valence-corrected chi connectivity index (χ0v) is 13.2. The van der Waals surface area contributed by atoms with Gasteiger partial charge in [0.1, 0.15) is 5.75 Å². The van der Waals surface area contributed by atoms with E-state index in [4.69, 9.17) is 9.47 Å². The molecule has 1 aliphatic rings. The van der Waals surface area contributed by atoms with Crippen molar-refractivity contribution in [1.29, 1.82) is 0 Å². The van der Waals surface area contributed by atoms with Gasteiger partial charge in [-0.25, -0.2) is 13.2 Å². The van der Waals surface area contributed by atoms with Crippen LogP contribution in [0.25, 0.3) is 0 Å². The van der Waals surface area contributed by atoms with Crippen LogP contribution >= 0.6 is 0 Å². The summed E-state index contributed by atoms with van der Waals surface area (Å²) >= 11 is 0. The Kier molecular flexibility index (Phi) is 5.76. The van der Waals surface area contributed by atoms with Crippen LogP contribution in [0.5, 0.6) is 5.75 Å². The first-order chi connectivity index (χ1) is 10.5. The lowest BCUT2D eigenvalue weighted by molar-refractivity contribution is 0.0393. The quantitative estimate of drug-likeness (QED) is 0.865. The highest BCUT2D eigenvalue weighted by atomic mass is 32.2. The molecular weight excluding hydrogens is 308 g/mol. The van der Waals surface area contributed by atoms with E-state index in [1.807, 2.05) is 0 Å². The van der Waals surface area contributed by atoms with E-state index in [0.29, 0.717) is 25.5 Å². The zero-order valence-electron chi connectivity index (χ0n) is 12.4. The Morgan fingerprint density at radius 2 is 2.14 bits per heavy atom. The summed E-state index contributed by atoms with van der Waals surface area (Å²) < 4.78 is 36.1. The van der Waals surface area contributed by atoms with Crippen molar-refractivity contribution in [2.75, 3.05) is 32.1 Å². The molecule has 8 heteroatoms. The normalized spacial score (nSPS) is 19.6. The Morgan fingerprint density at radius 1 is 1.41 bits per heavy atom. The molecular formula is C14H20N2O5S. The molecule has 122 valence electrons. The van der Waals surface area contributed by atoms with Gasteiger partial charge in [-0.05, 0) is 19.1 Å². The number of hydrogen-bond acceptors (Lipinski definition) is 5. The Balaban J connectivity index is 1.78. The maximum Gasteiger partial charge on any atom is 0.412 e. The van der Waals surface area contributed by atoms with Crippen molar-refractivity contribution < 1.29 is 22.7 Å². The van der Waals surface area contributed by atoms with Crippen LogP contribution in [0, 0.1) is 0 Å². The lowest BCUT2D eigenvalue weighted by Crippen LogP contribution is -2.49. The van der Waals surface area contributed by atoms with Crippen LogP contribution < -0.4 is 10.1 Å². The average molecular weight is 328 g/mol. The fraction of sp³-hybridized carbons (Fsp3) is 0.500. The molecule has 0 aliphatic carbocycles. The second-order valence-corrected chi connectivity index (χ2v) is 7.02. The van der Waals surface area contributed by atoms with Crippen molar-refractivity contribution in [3.05, 3.63) is 30.3 Å². The summed E-state index contributed by atoms with van der Waals surface area (Å²) in [5, 5.41) is 2.44. The molecule has 0 radical (unpaired) electrons. The van der Waals surface area contributed by atoms with Gasteiger partial charge in [0.2, 0.25) is 10.0 Å². The molecule has 0 bridgehead atoms. The number of rotatable bonds is 5. The summed E-state index contributed by atoms with van der Waals surface area (Å²) in [7, 11) is -3.42. The summed E-state index contributed by atoms with van der Waals surface area (Å²) in [4.78, 5) is 11.6. The van der Waals surface area contributed by atoms with Gasteiger partial charge in [-0.15, -0.1) is 0 Å². The highest BCUT2D eigenvalue weighted by molar-refractivity contribution is 7.89. The van der Waals surface area contributed by atoms with Crippen LogP contribution in [0.3, 0.4) is 0 Å². The number of carbonyl (C=O) groups excluding carboxylic acids is 1. The third-order valence-corrected chi connectivity index (χ3v) is 5.22. The van der Waals surface area contributed by atoms with E-state index in [1.54, 1.807) is 37.3 Å². The first kappa shape index (κ1) is 16.7. The lowest BCUT2D eigenvalue weighted by Gasteiger charge is -2.32. The maximum atomic E-state index is 12.2. The van der Waals surface area contributed by atoms with E-state index in [0.717, 1.165) is 0 Å². The summed E-state index contributed by atoms with van der Waals surface area (Å²) in [6.45, 7) is 2.93. The van der Waals surface area contributed by atoms with E-state index in [-0.39, 0.29) is 18.3 Å². The van der Waals surface area contributed by atoms with Gasteiger partial charge in [0.25, 0.3) is 0 Å². The molecule has 0 saturated carbocycles. The van der Waals surface area contributed by atoms with Crippen molar-refractivity contribution >= 4 is 16.1 Å². The highest BCUT2D eigenvalue weighted by Crippen LogP contribution is 2.12. The van der Waals surface area contributed by atoms with Gasteiger partial charge < -0.3 is 14.8 Å². The minimum absolute atomic E-state index is 0.00191. The molecule has 22 heavy (non-hydrogen) atoms. The predicted octanol–water partition coefficient (Wildman–Crippen LogP) is 0.826. The molecule has 1 fully saturated rings. The van der Waals surface area contributed by atoms with E-state index >= 15 is 0 Å². The standard InChI is InChI=1S/C14H20N2O5S/c1-12-11-20-9-8-16(12)22(18,19)10-7-15-14(17)21-13-5-3-2-4-6-13/h2-6,12H,7-11H2,1H3,(H,15,17). The molecule has 1 unspecified atom stereocenters. The van der Waals surface area contributed by atoms with Crippen LogP contribution in [0.15, 0.2) is 30.3 Å². The van der Waals surface area contributed by atoms with Gasteiger partial charge in [-0.1, -0.05) is 18.2 Å². The first-order valence-corrected chi connectivity index (χ1v) is 8.68. The van der Waals surface area contributed by atoms with Crippen LogP contribution in [0.2, 0.25) is 0 Å². The van der Waals surface area contributed by atoms with Gasteiger partial charge in [0, 0.05) is 19.1 Å². The van der Waals surface area contributed by atoms with E-state index in [9.17, 15) is 13.2 Å². The van der Waals surface area contributed by atoms with E-state index in [2.05, 4.69) is 5.32 Å². The number of nitrogens with one attached hydrogen (secondary N) is 1. The molecule has 7 nitrogen and oxygen atoms in total. The fourth-order valence-electron chi connectivity index (χ4n) is 2.16. The molecule has 1 saturated heterocycles. The molecule has 2 rings (SSSR count). The van der Waals surface area contributed by atoms with Gasteiger partial charge in [0.05, 0.1) is 19.0 Å². The minimum Gasteiger partial charge on any atom is -0.410 e. The predicted molar refractivity (Wildman–Crippen MR) is 81.2 cm³/mol. The Hall–Kier alpha value is -1.64. The minimum atomic E-state index is -3.42. The van der Waals surface area contributed by atoms with Crippen molar-refractivity contribution in [3.63, 3.8) is 0 Å². The summed E-state index contributed by atoms with van der Waals surface area (Å²) in [6.07, 6.45) is -0.670. The third-order valence-electron chi connectivity index (χ3n) is 3.25. The molecule has 0 spiro atoms. The molecule has 1 atom stereocenters. The number of benzene rings is 1. The number of para-hydroxylation sites is 1. The molecule has 0 aromatic heterocycles. The summed E-state index contributed by atoms with van der Waals surface area (Å²) in [5.74, 6) is 0.242. The average Bonchev–Trinajstić information content (AvgIpc) is 2.48. The number of carbonyl (C=O) groups is 1. The Bertz CT molecular complexity index is 591. The van der Waals surface area contributed by atoms with Crippen molar-refractivity contribution in [2.24, 2.45) is 0 Å². The third kappa shape index (κ3) is 4.69. The highest BCUT2D eigenvalue weighted by Gasteiger charge is 2.29. The van der Waals surface area contributed by atoms with Crippen molar-refractivity contribution in [2.45, 2.75) is 13.0 Å². The number of nitrogens with zero attached hydrogens (tertiary/aromatic N) is 1. The van der Waals surface area contributed by atoms with Crippen molar-refractivity contribution in [1.82, 2.24) is 9.62 Å². The summed E-state index contributed by atoms with van der Waals surface area (Å²) in [6, 6.07) is 8.40. The van der Waals surface area contributed by atoms with E-state index in [1.165, 1.54) is 4.31 Å². The molecule has 1 N–H and O–H groups in total. The van der Waals surface area contributed by atoms with Crippen LogP contribution in [0.4, 0.5) is 4.79 Å². The van der Waals surface area contributed by atoms with Crippen LogP contribution in [-0.2, 0) is 14.8 Å². The SMILES string of the molecule is CC1COCCN1S(=O)(=O)CCNC(=O)Oc1ccccc1. The van der Waals surface area contributed by atoms with Crippen LogP contribution in [-0.4, -0.2) is 56.9 Å². The van der Waals surface area contributed by atoms with Crippen molar-refractivity contribution in [3.8, 4) is 5.75 Å². The maximum absolute atomic E-state index is 12.2.